The average Bonchev–Trinajstić information content (AvgIpc) is 1.64. The SMILES string of the molecule is CC(C)[C@H](O)C(F)F. The van der Waals surface area contributed by atoms with Crippen molar-refractivity contribution >= 4 is 0 Å². The molecule has 50 valence electrons. The molecule has 1 atom stereocenters. The fraction of sp³-hybridized carbons (Fsp3) is 1.00. The number of rotatable bonds is 2. The van der Waals surface area contributed by atoms with Gasteiger partial charge in [0.1, 0.15) is 6.10 Å². The summed E-state index contributed by atoms with van der Waals surface area (Å²) in [5, 5.41) is 8.45. The van der Waals surface area contributed by atoms with Crippen LogP contribution in [0.4, 0.5) is 8.78 Å². The van der Waals surface area contributed by atoms with Gasteiger partial charge in [0.2, 0.25) is 0 Å². The Morgan fingerprint density at radius 2 is 1.62 bits per heavy atom. The summed E-state index contributed by atoms with van der Waals surface area (Å²) in [7, 11) is 0. The predicted molar refractivity (Wildman–Crippen MR) is 26.8 cm³/mol. The van der Waals surface area contributed by atoms with Crippen LogP contribution in [0.1, 0.15) is 13.8 Å². The van der Waals surface area contributed by atoms with Crippen molar-refractivity contribution in [2.75, 3.05) is 0 Å². The molecular weight excluding hydrogens is 114 g/mol. The van der Waals surface area contributed by atoms with E-state index < -0.39 is 12.5 Å². The van der Waals surface area contributed by atoms with Crippen molar-refractivity contribution in [3.05, 3.63) is 0 Å². The van der Waals surface area contributed by atoms with Gasteiger partial charge in [0.05, 0.1) is 0 Å². The number of hydrogen-bond acceptors (Lipinski definition) is 1. The van der Waals surface area contributed by atoms with E-state index in [0.29, 0.717) is 0 Å². The molecule has 0 aliphatic carbocycles. The third-order valence-corrected chi connectivity index (χ3v) is 0.941. The molecule has 0 aliphatic heterocycles. The maximum Gasteiger partial charge on any atom is 0.264 e. The van der Waals surface area contributed by atoms with Gasteiger partial charge in [-0.1, -0.05) is 13.8 Å². The second-order valence-electron chi connectivity index (χ2n) is 2.07. The van der Waals surface area contributed by atoms with E-state index in [-0.39, 0.29) is 5.92 Å². The average molecular weight is 124 g/mol. The van der Waals surface area contributed by atoms with Gasteiger partial charge in [0.25, 0.3) is 6.43 Å². The van der Waals surface area contributed by atoms with Crippen LogP contribution in [0, 0.1) is 5.92 Å². The van der Waals surface area contributed by atoms with Crippen molar-refractivity contribution in [2.24, 2.45) is 5.92 Å². The first-order valence-corrected chi connectivity index (χ1v) is 2.52. The molecule has 1 nitrogen and oxygen atoms in total. The van der Waals surface area contributed by atoms with Crippen LogP contribution >= 0.6 is 0 Å². The first kappa shape index (κ1) is 7.82. The molecule has 1 N–H and O–H groups in total. The molecule has 0 saturated carbocycles. The van der Waals surface area contributed by atoms with Crippen molar-refractivity contribution in [1.29, 1.82) is 0 Å². The predicted octanol–water partition coefficient (Wildman–Crippen LogP) is 1.27. The second-order valence-corrected chi connectivity index (χ2v) is 2.07. The Morgan fingerprint density at radius 3 is 1.62 bits per heavy atom. The Labute approximate surface area is 47.3 Å². The van der Waals surface area contributed by atoms with Crippen LogP contribution < -0.4 is 0 Å². The molecule has 0 spiro atoms. The zero-order chi connectivity index (χ0) is 6.73. The van der Waals surface area contributed by atoms with E-state index in [4.69, 9.17) is 5.11 Å². The third-order valence-electron chi connectivity index (χ3n) is 0.941. The molecule has 0 bridgehead atoms. The van der Waals surface area contributed by atoms with Crippen molar-refractivity contribution in [3.8, 4) is 0 Å². The van der Waals surface area contributed by atoms with Crippen molar-refractivity contribution in [2.45, 2.75) is 26.4 Å². The molecule has 0 aliphatic rings. The molecule has 0 rings (SSSR count). The highest BCUT2D eigenvalue weighted by Crippen LogP contribution is 2.09. The summed E-state index contributed by atoms with van der Waals surface area (Å²) in [5.41, 5.74) is 0. The largest absolute Gasteiger partial charge is 0.387 e. The topological polar surface area (TPSA) is 20.2 Å². The van der Waals surface area contributed by atoms with Gasteiger partial charge in [-0.05, 0) is 5.92 Å². The maximum absolute atomic E-state index is 11.4. The maximum atomic E-state index is 11.4. The number of aliphatic hydroxyl groups is 1. The molecule has 0 unspecified atom stereocenters. The number of halogens is 2. The van der Waals surface area contributed by atoms with E-state index in [9.17, 15) is 8.78 Å². The van der Waals surface area contributed by atoms with Gasteiger partial charge in [-0.2, -0.15) is 0 Å². The third kappa shape index (κ3) is 2.21. The van der Waals surface area contributed by atoms with Crippen molar-refractivity contribution < 1.29 is 13.9 Å². The minimum absolute atomic E-state index is 0.352. The van der Waals surface area contributed by atoms with Gasteiger partial charge in [-0.25, -0.2) is 8.78 Å². The summed E-state index contributed by atoms with van der Waals surface area (Å²) < 4.78 is 22.9. The Hall–Kier alpha value is -0.180. The zero-order valence-electron chi connectivity index (χ0n) is 4.94. The molecule has 0 aromatic heterocycles. The lowest BCUT2D eigenvalue weighted by Crippen LogP contribution is -2.23. The second kappa shape index (κ2) is 2.97. The minimum Gasteiger partial charge on any atom is -0.387 e. The lowest BCUT2D eigenvalue weighted by atomic mass is 10.1. The Kier molecular flexibility index (Phi) is 2.90. The van der Waals surface area contributed by atoms with Crippen molar-refractivity contribution in [1.82, 2.24) is 0 Å². The van der Waals surface area contributed by atoms with Gasteiger partial charge < -0.3 is 5.11 Å². The van der Waals surface area contributed by atoms with E-state index in [1.54, 1.807) is 13.8 Å². The summed E-state index contributed by atoms with van der Waals surface area (Å²) >= 11 is 0. The monoisotopic (exact) mass is 124 g/mol. The Balaban J connectivity index is 3.46. The van der Waals surface area contributed by atoms with Gasteiger partial charge in [0.15, 0.2) is 0 Å². The molecule has 0 fully saturated rings. The molecule has 8 heavy (non-hydrogen) atoms. The van der Waals surface area contributed by atoms with E-state index in [0.717, 1.165) is 0 Å². The van der Waals surface area contributed by atoms with Gasteiger partial charge in [-0.15, -0.1) is 0 Å². The smallest absolute Gasteiger partial charge is 0.264 e. The molecule has 0 aromatic rings. The fourth-order valence-corrected chi connectivity index (χ4v) is 0.291. The minimum atomic E-state index is -2.60. The fourth-order valence-electron chi connectivity index (χ4n) is 0.291. The van der Waals surface area contributed by atoms with Crippen LogP contribution in [-0.4, -0.2) is 17.6 Å². The first-order valence-electron chi connectivity index (χ1n) is 2.52. The van der Waals surface area contributed by atoms with E-state index in [2.05, 4.69) is 0 Å². The lowest BCUT2D eigenvalue weighted by molar-refractivity contribution is -0.0300. The van der Waals surface area contributed by atoms with Gasteiger partial charge >= 0.3 is 0 Å². The van der Waals surface area contributed by atoms with Crippen LogP contribution in [0.3, 0.4) is 0 Å². The molecule has 0 amide bonds. The molecule has 0 aromatic carbocycles. The molecule has 0 heterocycles. The molecule has 0 saturated heterocycles. The summed E-state index contributed by atoms with van der Waals surface area (Å²) in [4.78, 5) is 0. The van der Waals surface area contributed by atoms with Crippen molar-refractivity contribution in [3.63, 3.8) is 0 Å². The summed E-state index contributed by atoms with van der Waals surface area (Å²) in [6.45, 7) is 3.10. The number of hydrogen-bond donors (Lipinski definition) is 1. The Morgan fingerprint density at radius 1 is 1.25 bits per heavy atom. The van der Waals surface area contributed by atoms with Gasteiger partial charge in [0, 0.05) is 0 Å². The Bertz CT molecular complexity index is 55.4. The molecule has 0 radical (unpaired) electrons. The quantitative estimate of drug-likeness (QED) is 0.587. The van der Waals surface area contributed by atoms with Crippen LogP contribution in [0.25, 0.3) is 0 Å². The first-order chi connectivity index (χ1) is 3.55. The number of alkyl halides is 2. The van der Waals surface area contributed by atoms with E-state index in [1.807, 2.05) is 0 Å². The molecule has 3 heteroatoms. The van der Waals surface area contributed by atoms with Crippen LogP contribution in [0.15, 0.2) is 0 Å². The highest BCUT2D eigenvalue weighted by atomic mass is 19.3. The van der Waals surface area contributed by atoms with E-state index >= 15 is 0 Å². The van der Waals surface area contributed by atoms with Crippen LogP contribution in [0.2, 0.25) is 0 Å². The van der Waals surface area contributed by atoms with Crippen LogP contribution in [0.5, 0.6) is 0 Å². The highest BCUT2D eigenvalue weighted by molar-refractivity contribution is 4.60. The molecular formula is C5H10F2O. The summed E-state index contributed by atoms with van der Waals surface area (Å²) in [5.74, 6) is -0.352. The number of aliphatic hydroxyl groups excluding tert-OH is 1. The lowest BCUT2D eigenvalue weighted by Gasteiger charge is -2.11. The normalized spacial score (nSPS) is 15.4. The summed E-state index contributed by atoms with van der Waals surface area (Å²) in [6, 6.07) is 0. The van der Waals surface area contributed by atoms with Crippen LogP contribution in [-0.2, 0) is 0 Å². The van der Waals surface area contributed by atoms with Gasteiger partial charge in [-0.3, -0.25) is 0 Å². The highest BCUT2D eigenvalue weighted by Gasteiger charge is 2.19. The van der Waals surface area contributed by atoms with E-state index in [1.165, 1.54) is 0 Å². The standard InChI is InChI=1S/C5H10F2O/c1-3(2)4(8)5(6)7/h3-5,8H,1-2H3/t4-/m0/s1. The summed E-state index contributed by atoms with van der Waals surface area (Å²) in [6.07, 6.45) is -4.06. The zero-order valence-corrected chi connectivity index (χ0v) is 4.94.